The van der Waals surface area contributed by atoms with Gasteiger partial charge in [0.25, 0.3) is 0 Å². The molecule has 1 saturated heterocycles. The molecule has 0 aromatic heterocycles. The average Bonchev–Trinajstić information content (AvgIpc) is 2.83. The molecular formula is C13H13N3O2. The number of carbonyl (C=O) groups is 1. The molecule has 92 valence electrons. The van der Waals surface area contributed by atoms with Crippen LogP contribution in [0.2, 0.25) is 0 Å². The van der Waals surface area contributed by atoms with Crippen LogP contribution in [0, 0.1) is 11.3 Å². The molecule has 0 saturated carbocycles. The summed E-state index contributed by atoms with van der Waals surface area (Å²) in [4.78, 5) is 14.0. The Balaban J connectivity index is 2.04. The minimum Gasteiger partial charge on any atom is -0.380 e. The number of fused-ring (bicyclic) bond motifs is 3. The average molecular weight is 243 g/mol. The first-order valence-corrected chi connectivity index (χ1v) is 5.87. The minimum atomic E-state index is -0.184. The lowest BCUT2D eigenvalue weighted by atomic mass is 10.1. The quantitative estimate of drug-likeness (QED) is 0.802. The summed E-state index contributed by atoms with van der Waals surface area (Å²) in [5.74, 6) is 0.00626. The summed E-state index contributed by atoms with van der Waals surface area (Å²) in [7, 11) is 1.66. The van der Waals surface area contributed by atoms with Crippen molar-refractivity contribution in [3.05, 3.63) is 23.8 Å². The Morgan fingerprint density at radius 3 is 3.11 bits per heavy atom. The van der Waals surface area contributed by atoms with E-state index in [9.17, 15) is 4.79 Å². The third-order valence-electron chi connectivity index (χ3n) is 3.59. The molecule has 0 radical (unpaired) electrons. The van der Waals surface area contributed by atoms with Crippen LogP contribution in [0.25, 0.3) is 0 Å². The van der Waals surface area contributed by atoms with E-state index < -0.39 is 0 Å². The van der Waals surface area contributed by atoms with Crippen molar-refractivity contribution in [3.63, 3.8) is 0 Å². The van der Waals surface area contributed by atoms with Crippen LogP contribution in [0.15, 0.2) is 18.2 Å². The maximum absolute atomic E-state index is 12.0. The molecule has 1 N–H and O–H groups in total. The first-order valence-electron chi connectivity index (χ1n) is 5.87. The number of nitrogens with one attached hydrogen (secondary N) is 1. The first kappa shape index (κ1) is 11.1. The number of amides is 1. The summed E-state index contributed by atoms with van der Waals surface area (Å²) in [5, 5.41) is 11.8. The second-order valence-corrected chi connectivity index (χ2v) is 4.59. The molecule has 5 nitrogen and oxygen atoms in total. The molecule has 2 atom stereocenters. The van der Waals surface area contributed by atoms with Crippen molar-refractivity contribution in [1.82, 2.24) is 0 Å². The molecule has 18 heavy (non-hydrogen) atoms. The van der Waals surface area contributed by atoms with Gasteiger partial charge in [-0.2, -0.15) is 5.26 Å². The minimum absolute atomic E-state index is 0.00626. The van der Waals surface area contributed by atoms with Crippen molar-refractivity contribution in [2.75, 3.05) is 23.9 Å². The second-order valence-electron chi connectivity index (χ2n) is 4.59. The Kier molecular flexibility index (Phi) is 2.46. The molecule has 1 fully saturated rings. The van der Waals surface area contributed by atoms with E-state index in [2.05, 4.69) is 11.4 Å². The number of ether oxygens (including phenoxy) is 1. The lowest BCUT2D eigenvalue weighted by Crippen LogP contribution is -2.43. The van der Waals surface area contributed by atoms with Gasteiger partial charge in [0.1, 0.15) is 6.04 Å². The van der Waals surface area contributed by atoms with Gasteiger partial charge in [-0.25, -0.2) is 0 Å². The van der Waals surface area contributed by atoms with E-state index in [1.165, 1.54) is 0 Å². The van der Waals surface area contributed by atoms with Crippen molar-refractivity contribution < 1.29 is 9.53 Å². The number of carbonyl (C=O) groups excluding carboxylic acids is 1. The number of methoxy groups -OCH3 is 1. The standard InChI is InChI=1S/C13H13N3O2/c1-18-9-5-12-13(17)15-10-3-2-8(6-14)4-11(10)16(12)7-9/h2-4,9,12H,5,7H2,1H3,(H,15,17). The Hall–Kier alpha value is -2.06. The van der Waals surface area contributed by atoms with Gasteiger partial charge in [-0.3, -0.25) is 4.79 Å². The zero-order valence-electron chi connectivity index (χ0n) is 10.0. The van der Waals surface area contributed by atoms with Gasteiger partial charge in [-0.05, 0) is 18.2 Å². The summed E-state index contributed by atoms with van der Waals surface area (Å²) < 4.78 is 5.34. The molecule has 5 heteroatoms. The Morgan fingerprint density at radius 1 is 1.56 bits per heavy atom. The number of nitriles is 1. The molecule has 1 aromatic rings. The van der Waals surface area contributed by atoms with Crippen molar-refractivity contribution in [2.24, 2.45) is 0 Å². The fourth-order valence-corrected chi connectivity index (χ4v) is 2.64. The molecule has 0 bridgehead atoms. The fraction of sp³-hybridized carbons (Fsp3) is 0.385. The van der Waals surface area contributed by atoms with Crippen molar-refractivity contribution >= 4 is 17.3 Å². The van der Waals surface area contributed by atoms with Gasteiger partial charge >= 0.3 is 0 Å². The first-order chi connectivity index (χ1) is 8.72. The number of nitrogens with zero attached hydrogens (tertiary/aromatic N) is 2. The highest BCUT2D eigenvalue weighted by atomic mass is 16.5. The predicted molar refractivity (Wildman–Crippen MR) is 66.3 cm³/mol. The van der Waals surface area contributed by atoms with Crippen molar-refractivity contribution in [3.8, 4) is 6.07 Å². The summed E-state index contributed by atoms with van der Waals surface area (Å²) in [6.07, 6.45) is 0.760. The highest BCUT2D eigenvalue weighted by molar-refractivity contribution is 6.04. The summed E-state index contributed by atoms with van der Waals surface area (Å²) in [6, 6.07) is 7.25. The van der Waals surface area contributed by atoms with E-state index in [0.717, 1.165) is 11.4 Å². The Bertz CT molecular complexity index is 550. The summed E-state index contributed by atoms with van der Waals surface area (Å²) in [6.45, 7) is 0.691. The van der Waals surface area contributed by atoms with E-state index in [4.69, 9.17) is 10.00 Å². The molecule has 0 spiro atoms. The van der Waals surface area contributed by atoms with Crippen LogP contribution in [-0.2, 0) is 9.53 Å². The number of hydrogen-bond acceptors (Lipinski definition) is 4. The Labute approximate surface area is 105 Å². The van der Waals surface area contributed by atoms with Crippen LogP contribution < -0.4 is 10.2 Å². The van der Waals surface area contributed by atoms with E-state index in [1.54, 1.807) is 19.2 Å². The van der Waals surface area contributed by atoms with Crippen LogP contribution in [0.3, 0.4) is 0 Å². The van der Waals surface area contributed by atoms with Crippen LogP contribution in [-0.4, -0.2) is 31.7 Å². The lowest BCUT2D eigenvalue weighted by molar-refractivity contribution is -0.117. The lowest BCUT2D eigenvalue weighted by Gasteiger charge is -2.32. The highest BCUT2D eigenvalue weighted by Gasteiger charge is 2.41. The molecule has 2 heterocycles. The normalized spacial score (nSPS) is 25.1. The third kappa shape index (κ3) is 1.54. The van der Waals surface area contributed by atoms with Crippen LogP contribution in [0.5, 0.6) is 0 Å². The van der Waals surface area contributed by atoms with Gasteiger partial charge in [0.2, 0.25) is 5.91 Å². The van der Waals surface area contributed by atoms with Gasteiger partial charge in [0.15, 0.2) is 0 Å². The molecule has 0 aliphatic carbocycles. The summed E-state index contributed by atoms with van der Waals surface area (Å²) >= 11 is 0. The van der Waals surface area contributed by atoms with Crippen molar-refractivity contribution in [2.45, 2.75) is 18.6 Å². The number of rotatable bonds is 1. The molecule has 2 unspecified atom stereocenters. The fourth-order valence-electron chi connectivity index (χ4n) is 2.64. The molecular weight excluding hydrogens is 230 g/mol. The van der Waals surface area contributed by atoms with Crippen molar-refractivity contribution in [1.29, 1.82) is 5.26 Å². The molecule has 2 aliphatic heterocycles. The summed E-state index contributed by atoms with van der Waals surface area (Å²) in [5.41, 5.74) is 2.29. The molecule has 3 rings (SSSR count). The molecule has 1 amide bonds. The number of benzene rings is 1. The topological polar surface area (TPSA) is 65.4 Å². The van der Waals surface area contributed by atoms with Gasteiger partial charge < -0.3 is 15.0 Å². The Morgan fingerprint density at radius 2 is 2.39 bits per heavy atom. The monoisotopic (exact) mass is 243 g/mol. The van der Waals surface area contributed by atoms with Gasteiger partial charge in [-0.1, -0.05) is 0 Å². The van der Waals surface area contributed by atoms with Crippen LogP contribution in [0.4, 0.5) is 11.4 Å². The SMILES string of the molecule is COC1CC2C(=O)Nc3ccc(C#N)cc3N2C1. The molecule has 1 aromatic carbocycles. The molecule has 2 aliphatic rings. The van der Waals surface area contributed by atoms with E-state index >= 15 is 0 Å². The van der Waals surface area contributed by atoms with Gasteiger partial charge in [0.05, 0.1) is 29.1 Å². The maximum atomic E-state index is 12.0. The largest absolute Gasteiger partial charge is 0.380 e. The van der Waals surface area contributed by atoms with E-state index in [0.29, 0.717) is 18.5 Å². The van der Waals surface area contributed by atoms with Crippen LogP contribution in [0.1, 0.15) is 12.0 Å². The number of anilines is 2. The highest BCUT2D eigenvalue weighted by Crippen LogP contribution is 2.37. The smallest absolute Gasteiger partial charge is 0.247 e. The van der Waals surface area contributed by atoms with E-state index in [-0.39, 0.29) is 18.1 Å². The van der Waals surface area contributed by atoms with Crippen LogP contribution >= 0.6 is 0 Å². The van der Waals surface area contributed by atoms with Gasteiger partial charge in [0, 0.05) is 20.1 Å². The third-order valence-corrected chi connectivity index (χ3v) is 3.59. The van der Waals surface area contributed by atoms with Gasteiger partial charge in [-0.15, -0.1) is 0 Å². The second kappa shape index (κ2) is 4.00. The zero-order valence-corrected chi connectivity index (χ0v) is 10.0. The number of hydrogen-bond donors (Lipinski definition) is 1. The zero-order chi connectivity index (χ0) is 12.7. The maximum Gasteiger partial charge on any atom is 0.247 e. The van der Waals surface area contributed by atoms with E-state index in [1.807, 2.05) is 11.0 Å². The predicted octanol–water partition coefficient (Wildman–Crippen LogP) is 1.10.